The largest absolute Gasteiger partial charge is 0.419 e. The summed E-state index contributed by atoms with van der Waals surface area (Å²) in [7, 11) is 0. The zero-order valence-electron chi connectivity index (χ0n) is 15.7. The highest BCUT2D eigenvalue weighted by Crippen LogP contribution is 2.29. The molecule has 2 aliphatic rings. The summed E-state index contributed by atoms with van der Waals surface area (Å²) in [5.41, 5.74) is 4.72. The number of nitrogens with two attached hydrogens (primary N) is 1. The van der Waals surface area contributed by atoms with E-state index in [1.807, 2.05) is 4.90 Å². The van der Waals surface area contributed by atoms with E-state index in [2.05, 4.69) is 9.97 Å². The van der Waals surface area contributed by atoms with E-state index >= 15 is 0 Å². The van der Waals surface area contributed by atoms with Gasteiger partial charge in [-0.05, 0) is 12.8 Å². The zero-order chi connectivity index (χ0) is 20.3. The van der Waals surface area contributed by atoms with Crippen LogP contribution >= 0.6 is 12.4 Å². The van der Waals surface area contributed by atoms with Crippen molar-refractivity contribution in [2.24, 2.45) is 5.73 Å². The maximum absolute atomic E-state index is 12.6. The van der Waals surface area contributed by atoms with Gasteiger partial charge in [0, 0.05) is 44.5 Å². The van der Waals surface area contributed by atoms with Crippen molar-refractivity contribution in [3.63, 3.8) is 0 Å². The van der Waals surface area contributed by atoms with E-state index < -0.39 is 23.9 Å². The Labute approximate surface area is 172 Å². The quantitative estimate of drug-likeness (QED) is 0.676. The fourth-order valence-corrected chi connectivity index (χ4v) is 3.49. The van der Waals surface area contributed by atoms with Crippen LogP contribution in [0, 0.1) is 0 Å². The van der Waals surface area contributed by atoms with Crippen molar-refractivity contribution in [1.82, 2.24) is 14.9 Å². The van der Waals surface area contributed by atoms with E-state index in [1.165, 1.54) is 0 Å². The number of carbonyl (C=O) groups excluding carboxylic acids is 1. The van der Waals surface area contributed by atoms with E-state index in [9.17, 15) is 18.0 Å². The number of aliphatic hydroxyl groups is 1. The number of likely N-dealkylation sites (tertiary alicyclic amines) is 1. The lowest BCUT2D eigenvalue weighted by atomic mass is 10.0. The van der Waals surface area contributed by atoms with Gasteiger partial charge >= 0.3 is 6.18 Å². The summed E-state index contributed by atoms with van der Waals surface area (Å²) in [4.78, 5) is 23.8. The summed E-state index contributed by atoms with van der Waals surface area (Å²) in [6, 6.07) is -0.452. The third-order valence-electron chi connectivity index (χ3n) is 5.09. The molecule has 0 bridgehead atoms. The smallest absolute Gasteiger partial charge is 0.395 e. The molecule has 0 spiro atoms. The number of alkyl halides is 3. The van der Waals surface area contributed by atoms with Gasteiger partial charge in [-0.25, -0.2) is 9.97 Å². The minimum atomic E-state index is -4.46. The predicted molar refractivity (Wildman–Crippen MR) is 101 cm³/mol. The molecule has 29 heavy (non-hydrogen) atoms. The summed E-state index contributed by atoms with van der Waals surface area (Å²) < 4.78 is 43.4. The molecule has 0 aliphatic carbocycles. The molecular formula is C17H25ClF3N5O3. The van der Waals surface area contributed by atoms with Gasteiger partial charge in [-0.3, -0.25) is 4.79 Å². The van der Waals surface area contributed by atoms with Crippen LogP contribution in [0.5, 0.6) is 0 Å². The van der Waals surface area contributed by atoms with Crippen LogP contribution in [0.2, 0.25) is 0 Å². The molecule has 8 nitrogen and oxygen atoms in total. The van der Waals surface area contributed by atoms with Crippen LogP contribution in [-0.4, -0.2) is 76.9 Å². The van der Waals surface area contributed by atoms with Gasteiger partial charge in [-0.2, -0.15) is 13.2 Å². The van der Waals surface area contributed by atoms with Gasteiger partial charge in [0.1, 0.15) is 6.10 Å². The molecule has 2 unspecified atom stereocenters. The number of rotatable bonds is 6. The van der Waals surface area contributed by atoms with E-state index in [1.54, 1.807) is 4.90 Å². The number of halogens is 4. The second-order valence-electron chi connectivity index (χ2n) is 7.07. The second-order valence-corrected chi connectivity index (χ2v) is 7.07. The van der Waals surface area contributed by atoms with E-state index in [0.29, 0.717) is 38.9 Å². The summed E-state index contributed by atoms with van der Waals surface area (Å²) in [5, 5.41) is 8.93. The van der Waals surface area contributed by atoms with Gasteiger partial charge in [0.2, 0.25) is 5.95 Å². The number of carbonyl (C=O) groups is 1. The number of piperidine rings is 1. The number of ether oxygens (including phenoxy) is 1. The highest BCUT2D eigenvalue weighted by atomic mass is 35.5. The molecule has 12 heteroatoms. The number of anilines is 1. The van der Waals surface area contributed by atoms with Crippen molar-refractivity contribution >= 4 is 24.3 Å². The number of hydrogen-bond acceptors (Lipinski definition) is 7. The van der Waals surface area contributed by atoms with Crippen molar-refractivity contribution in [2.75, 3.05) is 37.7 Å². The highest BCUT2D eigenvalue weighted by Gasteiger charge is 2.38. The average Bonchev–Trinajstić information content (AvgIpc) is 3.06. The molecule has 0 aromatic carbocycles. The normalized spacial score (nSPS) is 22.0. The molecule has 3 rings (SSSR count). The maximum atomic E-state index is 12.6. The number of aliphatic hydroxyl groups excluding tert-OH is 1. The van der Waals surface area contributed by atoms with Crippen LogP contribution in [0.1, 0.15) is 24.8 Å². The Morgan fingerprint density at radius 3 is 2.38 bits per heavy atom. The molecule has 164 valence electrons. The first kappa shape index (κ1) is 23.6. The maximum Gasteiger partial charge on any atom is 0.419 e. The number of hydrogen-bond donors (Lipinski definition) is 2. The Morgan fingerprint density at radius 1 is 1.21 bits per heavy atom. The fourth-order valence-electron chi connectivity index (χ4n) is 3.49. The van der Waals surface area contributed by atoms with Crippen LogP contribution < -0.4 is 10.6 Å². The Morgan fingerprint density at radius 2 is 1.83 bits per heavy atom. The summed E-state index contributed by atoms with van der Waals surface area (Å²) in [6.07, 6.45) is -1.47. The fraction of sp³-hybridized carbons (Fsp3) is 0.706. The van der Waals surface area contributed by atoms with E-state index in [4.69, 9.17) is 15.6 Å². The Balaban J connectivity index is 0.00000300. The average molecular weight is 440 g/mol. The minimum absolute atomic E-state index is 0. The first-order valence-corrected chi connectivity index (χ1v) is 9.22. The lowest BCUT2D eigenvalue weighted by Gasteiger charge is -2.36. The molecule has 1 aromatic rings. The van der Waals surface area contributed by atoms with Gasteiger partial charge in [-0.1, -0.05) is 0 Å². The number of nitrogens with zero attached hydrogens (tertiary/aromatic N) is 4. The van der Waals surface area contributed by atoms with Crippen molar-refractivity contribution < 1.29 is 27.8 Å². The van der Waals surface area contributed by atoms with Crippen LogP contribution in [0.15, 0.2) is 12.4 Å². The topological polar surface area (TPSA) is 105 Å². The van der Waals surface area contributed by atoms with Crippen LogP contribution in [0.4, 0.5) is 19.1 Å². The lowest BCUT2D eigenvalue weighted by Crippen LogP contribution is -2.47. The van der Waals surface area contributed by atoms with Gasteiger partial charge in [0.25, 0.3) is 5.91 Å². The minimum Gasteiger partial charge on any atom is -0.395 e. The third-order valence-corrected chi connectivity index (χ3v) is 5.09. The molecule has 1 aromatic heterocycles. The molecule has 3 heterocycles. The number of aromatic nitrogens is 2. The molecule has 3 N–H and O–H groups in total. The van der Waals surface area contributed by atoms with Crippen molar-refractivity contribution in [1.29, 1.82) is 0 Å². The van der Waals surface area contributed by atoms with Gasteiger partial charge in [-0.15, -0.1) is 12.4 Å². The van der Waals surface area contributed by atoms with Gasteiger partial charge in [0.05, 0.1) is 24.8 Å². The second kappa shape index (κ2) is 9.88. The van der Waals surface area contributed by atoms with E-state index in [-0.39, 0.29) is 43.5 Å². The van der Waals surface area contributed by atoms with Crippen LogP contribution in [0.3, 0.4) is 0 Å². The zero-order valence-corrected chi connectivity index (χ0v) is 16.5. The Kier molecular flexibility index (Phi) is 8.03. The Hall–Kier alpha value is -1.69. The first-order valence-electron chi connectivity index (χ1n) is 9.22. The van der Waals surface area contributed by atoms with Crippen molar-refractivity contribution in [3.05, 3.63) is 18.0 Å². The molecule has 2 fully saturated rings. The standard InChI is InChI=1S/C17H24F3N5O3.ClH/c18-17(19,20)11-7-22-16(23-8-11)24-4-1-13(2-5-24)25-6-3-14(15(25)27)28-10-12(21)9-26;/h7-8,12-14,26H,1-6,9-10,21H2;1H. The molecule has 2 aliphatic heterocycles. The van der Waals surface area contributed by atoms with Crippen LogP contribution in [0.25, 0.3) is 0 Å². The van der Waals surface area contributed by atoms with Crippen LogP contribution in [-0.2, 0) is 15.7 Å². The lowest BCUT2D eigenvalue weighted by molar-refractivity contribution is -0.140. The van der Waals surface area contributed by atoms with Crippen molar-refractivity contribution in [3.8, 4) is 0 Å². The molecule has 0 radical (unpaired) electrons. The predicted octanol–water partition coefficient (Wildman–Crippen LogP) is 0.823. The van der Waals surface area contributed by atoms with Gasteiger partial charge < -0.3 is 25.4 Å². The molecule has 1 amide bonds. The molecular weight excluding hydrogens is 415 g/mol. The SMILES string of the molecule is Cl.NC(CO)COC1CCN(C2CCN(c3ncc(C(F)(F)F)cn3)CC2)C1=O. The molecule has 2 atom stereocenters. The Bertz CT molecular complexity index is 671. The highest BCUT2D eigenvalue weighted by molar-refractivity contribution is 5.85. The molecule has 0 saturated carbocycles. The van der Waals surface area contributed by atoms with Crippen molar-refractivity contribution in [2.45, 2.75) is 43.6 Å². The summed E-state index contributed by atoms with van der Waals surface area (Å²) >= 11 is 0. The molecule has 2 saturated heterocycles. The third kappa shape index (κ3) is 5.68. The number of amides is 1. The van der Waals surface area contributed by atoms with Gasteiger partial charge in [0.15, 0.2) is 0 Å². The summed E-state index contributed by atoms with van der Waals surface area (Å²) in [6.45, 7) is 1.64. The first-order chi connectivity index (χ1) is 13.3. The summed E-state index contributed by atoms with van der Waals surface area (Å²) in [5.74, 6) is 0.188. The monoisotopic (exact) mass is 439 g/mol. The van der Waals surface area contributed by atoms with E-state index in [0.717, 1.165) is 12.4 Å².